The summed E-state index contributed by atoms with van der Waals surface area (Å²) in [6.07, 6.45) is 0.447. The third-order valence-electron chi connectivity index (χ3n) is 3.32. The van der Waals surface area contributed by atoms with Crippen LogP contribution < -0.4 is 5.32 Å². The van der Waals surface area contributed by atoms with E-state index in [1.54, 1.807) is 0 Å². The highest BCUT2D eigenvalue weighted by Crippen LogP contribution is 2.42. The molecule has 1 heterocycles. The van der Waals surface area contributed by atoms with Crippen LogP contribution in [0.4, 0.5) is 14.9 Å². The van der Waals surface area contributed by atoms with E-state index < -0.39 is 11.9 Å². The van der Waals surface area contributed by atoms with Crippen LogP contribution in [0.15, 0.2) is 4.42 Å². The lowest BCUT2D eigenvalue weighted by Crippen LogP contribution is -2.11. The molecule has 1 aromatic heterocycles. The minimum absolute atomic E-state index is 0.126. The minimum Gasteiger partial charge on any atom is -0.465 e. The first-order valence-electron chi connectivity index (χ1n) is 6.05. The molecule has 1 fully saturated rings. The smallest absolute Gasteiger partial charge is 0.409 e. The Morgan fingerprint density at radius 2 is 2.30 bits per heavy atom. The van der Waals surface area contributed by atoms with E-state index >= 15 is 0 Å². The normalized spacial score (nSPS) is 14.2. The van der Waals surface area contributed by atoms with Gasteiger partial charge >= 0.3 is 6.09 Å². The third kappa shape index (κ3) is 1.77. The lowest BCUT2D eigenvalue weighted by Gasteiger charge is -2.08. The van der Waals surface area contributed by atoms with Crippen molar-refractivity contribution in [3.63, 3.8) is 0 Å². The second-order valence-corrected chi connectivity index (χ2v) is 4.74. The van der Waals surface area contributed by atoms with Crippen LogP contribution in [0.1, 0.15) is 35.8 Å². The zero-order valence-electron chi connectivity index (χ0n) is 10.5. The fourth-order valence-electron chi connectivity index (χ4n) is 2.13. The highest BCUT2D eigenvalue weighted by Gasteiger charge is 2.31. The van der Waals surface area contributed by atoms with Gasteiger partial charge in [0.2, 0.25) is 0 Å². The fraction of sp³-hybridized carbons (Fsp3) is 0.308. The molecule has 20 heavy (non-hydrogen) atoms. The summed E-state index contributed by atoms with van der Waals surface area (Å²) >= 11 is 0. The van der Waals surface area contributed by atoms with Gasteiger partial charge in [-0.1, -0.05) is 0 Å². The molecule has 0 aliphatic heterocycles. The van der Waals surface area contributed by atoms with E-state index in [1.165, 1.54) is 6.92 Å². The highest BCUT2D eigenvalue weighted by atomic mass is 19.1. The van der Waals surface area contributed by atoms with Crippen LogP contribution in [-0.2, 0) is 0 Å². The summed E-state index contributed by atoms with van der Waals surface area (Å²) < 4.78 is 19.7. The van der Waals surface area contributed by atoms with Crippen LogP contribution in [0.2, 0.25) is 0 Å². The van der Waals surface area contributed by atoms with E-state index in [9.17, 15) is 14.4 Å². The summed E-state index contributed by atoms with van der Waals surface area (Å²) in [6.45, 7) is 1.47. The number of nitriles is 1. The van der Waals surface area contributed by atoms with E-state index in [0.717, 1.165) is 12.8 Å². The zero-order chi connectivity index (χ0) is 14.4. The number of nitrogens with one attached hydrogen (secondary N) is 1. The first kappa shape index (κ1) is 12.4. The number of carbonyl (C=O) groups is 1. The van der Waals surface area contributed by atoms with Crippen molar-refractivity contribution in [2.75, 3.05) is 5.32 Å². The number of hydrogen-bond donors (Lipinski definition) is 2. The molecule has 1 aromatic carbocycles. The fourth-order valence-corrected chi connectivity index (χ4v) is 2.13. The lowest BCUT2D eigenvalue weighted by atomic mass is 10.1. The summed E-state index contributed by atoms with van der Waals surface area (Å²) in [5.74, 6) is -0.259. The van der Waals surface area contributed by atoms with Crippen molar-refractivity contribution in [2.24, 2.45) is 0 Å². The number of carboxylic acid groups (broad SMARTS) is 1. The van der Waals surface area contributed by atoms with Crippen LogP contribution in [-0.4, -0.2) is 16.2 Å². The molecule has 6 nitrogen and oxygen atoms in total. The predicted octanol–water partition coefficient (Wildman–Crippen LogP) is 3.11. The topological polar surface area (TPSA) is 99.2 Å². The molecule has 0 atom stereocenters. The van der Waals surface area contributed by atoms with Crippen LogP contribution >= 0.6 is 0 Å². The number of rotatable bonds is 2. The van der Waals surface area contributed by atoms with E-state index in [0.29, 0.717) is 5.89 Å². The second-order valence-electron chi connectivity index (χ2n) is 4.74. The Morgan fingerprint density at radius 3 is 2.85 bits per heavy atom. The Bertz CT molecular complexity index is 771. The average Bonchev–Trinajstić information content (AvgIpc) is 3.15. The summed E-state index contributed by atoms with van der Waals surface area (Å²) in [5.41, 5.74) is 0.0505. The zero-order valence-corrected chi connectivity index (χ0v) is 10.5. The number of aromatic nitrogens is 1. The Balaban J connectivity index is 2.30. The van der Waals surface area contributed by atoms with Gasteiger partial charge in [0.1, 0.15) is 11.6 Å². The highest BCUT2D eigenvalue weighted by molar-refractivity contribution is 5.92. The average molecular weight is 275 g/mol. The van der Waals surface area contributed by atoms with Gasteiger partial charge in [0.15, 0.2) is 17.3 Å². The quantitative estimate of drug-likeness (QED) is 0.877. The Hall–Kier alpha value is -2.62. The van der Waals surface area contributed by atoms with Crippen LogP contribution in [0.5, 0.6) is 0 Å². The standard InChI is InChI=1S/C13H10FN3O3/c1-5-7(4-15)10-11(8(14)9(5)17-13(18)19)20-12(16-10)6-2-3-6/h6,17H,2-3H2,1H3,(H,18,19). The van der Waals surface area contributed by atoms with Gasteiger partial charge in [-0.3, -0.25) is 5.32 Å². The Kier molecular flexibility index (Phi) is 2.61. The number of hydrogen-bond acceptors (Lipinski definition) is 4. The maximum Gasteiger partial charge on any atom is 0.409 e. The van der Waals surface area contributed by atoms with Crippen molar-refractivity contribution < 1.29 is 18.7 Å². The molecule has 1 aliphatic carbocycles. The van der Waals surface area contributed by atoms with Crippen molar-refractivity contribution in [2.45, 2.75) is 25.7 Å². The molecule has 0 unspecified atom stereocenters. The molecule has 3 rings (SSSR count). The van der Waals surface area contributed by atoms with Crippen molar-refractivity contribution in [1.82, 2.24) is 4.98 Å². The van der Waals surface area contributed by atoms with Crippen LogP contribution in [0, 0.1) is 24.1 Å². The molecule has 0 spiro atoms. The van der Waals surface area contributed by atoms with Gasteiger partial charge in [-0.05, 0) is 25.3 Å². The van der Waals surface area contributed by atoms with E-state index in [2.05, 4.69) is 4.98 Å². The van der Waals surface area contributed by atoms with Gasteiger partial charge in [-0.15, -0.1) is 0 Å². The van der Waals surface area contributed by atoms with Gasteiger partial charge in [-0.2, -0.15) is 5.26 Å². The first-order valence-corrected chi connectivity index (χ1v) is 6.05. The molecule has 0 radical (unpaired) electrons. The van der Waals surface area contributed by atoms with Gasteiger partial charge in [0, 0.05) is 5.92 Å². The minimum atomic E-state index is -1.41. The number of oxazole rings is 1. The summed E-state index contributed by atoms with van der Waals surface area (Å²) in [4.78, 5) is 14.9. The summed E-state index contributed by atoms with van der Waals surface area (Å²) in [5, 5.41) is 19.9. The van der Waals surface area contributed by atoms with E-state index in [4.69, 9.17) is 9.52 Å². The molecule has 7 heteroatoms. The van der Waals surface area contributed by atoms with Gasteiger partial charge < -0.3 is 9.52 Å². The number of halogens is 1. The van der Waals surface area contributed by atoms with Crippen molar-refractivity contribution in [1.29, 1.82) is 5.26 Å². The van der Waals surface area contributed by atoms with Crippen molar-refractivity contribution in [3.05, 3.63) is 22.8 Å². The molecule has 102 valence electrons. The molecule has 1 saturated carbocycles. The maximum absolute atomic E-state index is 14.3. The summed E-state index contributed by atoms with van der Waals surface area (Å²) in [6, 6.07) is 1.93. The molecular formula is C13H10FN3O3. The largest absolute Gasteiger partial charge is 0.465 e. The van der Waals surface area contributed by atoms with Gasteiger partial charge in [0.25, 0.3) is 0 Å². The first-order chi connectivity index (χ1) is 9.52. The molecule has 2 N–H and O–H groups in total. The SMILES string of the molecule is Cc1c(NC(=O)O)c(F)c2oc(C3CC3)nc2c1C#N. The number of anilines is 1. The predicted molar refractivity (Wildman–Crippen MR) is 67.0 cm³/mol. The lowest BCUT2D eigenvalue weighted by molar-refractivity contribution is 0.209. The molecule has 0 saturated heterocycles. The molecule has 1 amide bonds. The molecule has 1 aliphatic rings. The van der Waals surface area contributed by atoms with Crippen LogP contribution in [0.25, 0.3) is 11.1 Å². The van der Waals surface area contributed by atoms with E-state index in [-0.39, 0.29) is 33.8 Å². The van der Waals surface area contributed by atoms with E-state index in [1.807, 2.05) is 11.4 Å². The van der Waals surface area contributed by atoms with Crippen molar-refractivity contribution >= 4 is 22.9 Å². The Labute approximate surface area is 112 Å². The van der Waals surface area contributed by atoms with Gasteiger partial charge in [0.05, 0.1) is 11.3 Å². The van der Waals surface area contributed by atoms with Crippen molar-refractivity contribution in [3.8, 4) is 6.07 Å². The molecule has 0 bridgehead atoms. The maximum atomic E-state index is 14.3. The second kappa shape index (κ2) is 4.20. The summed E-state index contributed by atoms with van der Waals surface area (Å²) in [7, 11) is 0. The Morgan fingerprint density at radius 1 is 1.60 bits per heavy atom. The van der Waals surface area contributed by atoms with Gasteiger partial charge in [-0.25, -0.2) is 14.2 Å². The molecular weight excluding hydrogens is 265 g/mol. The monoisotopic (exact) mass is 275 g/mol. The number of nitrogens with zero attached hydrogens (tertiary/aromatic N) is 2. The number of fused-ring (bicyclic) bond motifs is 1. The van der Waals surface area contributed by atoms with Crippen LogP contribution in [0.3, 0.4) is 0 Å². The number of benzene rings is 1. The number of amides is 1. The third-order valence-corrected chi connectivity index (χ3v) is 3.32. The molecule has 2 aromatic rings.